The van der Waals surface area contributed by atoms with Gasteiger partial charge in [0, 0.05) is 0 Å². The lowest BCUT2D eigenvalue weighted by Crippen LogP contribution is -2.18. The minimum absolute atomic E-state index is 0.963. The summed E-state index contributed by atoms with van der Waals surface area (Å²) in [5, 5.41) is 0. The molecule has 58 valence electrons. The largest absolute Gasteiger partial charge is 0.0754 e. The summed E-state index contributed by atoms with van der Waals surface area (Å²) >= 11 is 0. The van der Waals surface area contributed by atoms with Crippen molar-refractivity contribution in [3.05, 3.63) is 0 Å². The van der Waals surface area contributed by atoms with Gasteiger partial charge < -0.3 is 0 Å². The molecule has 0 unspecified atom stereocenters. The molecule has 2 rings (SSSR count). The van der Waals surface area contributed by atoms with Gasteiger partial charge in [0.1, 0.15) is 0 Å². The molecule has 0 aromatic heterocycles. The van der Waals surface area contributed by atoms with Crippen LogP contribution in [0.3, 0.4) is 0 Å². The molecule has 0 aromatic carbocycles. The van der Waals surface area contributed by atoms with Crippen molar-refractivity contribution in [3.63, 3.8) is 0 Å². The molecule has 0 aromatic rings. The molecule has 1 heterocycles. The quantitative estimate of drug-likeness (QED) is 0.578. The molecule has 2 aliphatic rings. The molecule has 0 bridgehead atoms. The Morgan fingerprint density at radius 3 is 2.10 bits per heavy atom. The van der Waals surface area contributed by atoms with Crippen LogP contribution in [0.4, 0.5) is 0 Å². The second-order valence-corrected chi connectivity index (χ2v) is 7.65. The van der Waals surface area contributed by atoms with Gasteiger partial charge >= 0.3 is 0 Å². The fraction of sp³-hybridized carbons (Fsp3) is 1.00. The zero-order valence-electron chi connectivity index (χ0n) is 5.91. The summed E-state index contributed by atoms with van der Waals surface area (Å²) in [5.74, 6) is 1.06. The molecule has 3 heteroatoms. The molecule has 0 amide bonds. The van der Waals surface area contributed by atoms with E-state index in [0.29, 0.717) is 0 Å². The summed E-state index contributed by atoms with van der Waals surface area (Å²) in [6, 6.07) is 0. The van der Waals surface area contributed by atoms with Gasteiger partial charge in [0.25, 0.3) is 0 Å². The van der Waals surface area contributed by atoms with Gasteiger partial charge in [-0.25, -0.2) is 0 Å². The first-order valence-corrected chi connectivity index (χ1v) is 7.56. The van der Waals surface area contributed by atoms with E-state index in [-0.39, 0.29) is 0 Å². The van der Waals surface area contributed by atoms with Crippen molar-refractivity contribution in [1.82, 2.24) is 0 Å². The summed E-state index contributed by atoms with van der Waals surface area (Å²) in [4.78, 5) is 0. The minimum Gasteiger partial charge on any atom is -0.0669 e. The Morgan fingerprint density at radius 1 is 0.900 bits per heavy atom. The zero-order chi connectivity index (χ0) is 6.81. The first-order chi connectivity index (χ1) is 4.97. The summed E-state index contributed by atoms with van der Waals surface area (Å²) in [5.41, 5.74) is 0. The minimum atomic E-state index is 0.963. The lowest BCUT2D eigenvalue weighted by molar-refractivity contribution is 0.381. The normalized spacial score (nSPS) is 30.0. The van der Waals surface area contributed by atoms with E-state index in [2.05, 4.69) is 21.6 Å². The Morgan fingerprint density at radius 2 is 1.60 bits per heavy atom. The van der Waals surface area contributed by atoms with Crippen molar-refractivity contribution >= 4 is 31.4 Å². The average Bonchev–Trinajstić information content (AvgIpc) is 1.86. The molecule has 0 N–H and O–H groups in total. The predicted octanol–water partition coefficient (Wildman–Crippen LogP) is 3.94. The van der Waals surface area contributed by atoms with E-state index in [1.165, 1.54) is 32.1 Å². The van der Waals surface area contributed by atoms with Crippen molar-refractivity contribution in [2.24, 2.45) is 5.92 Å². The maximum absolute atomic E-state index is 2.09. The molecule has 0 radical (unpaired) electrons. The van der Waals surface area contributed by atoms with Crippen LogP contribution in [0.15, 0.2) is 0 Å². The fourth-order valence-electron chi connectivity index (χ4n) is 1.65. The van der Waals surface area contributed by atoms with Crippen LogP contribution in [-0.2, 0) is 0 Å². The van der Waals surface area contributed by atoms with Crippen LogP contribution >= 0.6 is 31.4 Å². The zero-order valence-corrected chi connectivity index (χ0v) is 8.36. The predicted molar refractivity (Wildman–Crippen MR) is 53.1 cm³/mol. The van der Waals surface area contributed by atoms with Crippen LogP contribution in [0.5, 0.6) is 0 Å². The van der Waals surface area contributed by atoms with Crippen molar-refractivity contribution < 1.29 is 0 Å². The van der Waals surface area contributed by atoms with Gasteiger partial charge in [0.2, 0.25) is 0 Å². The van der Waals surface area contributed by atoms with Crippen LogP contribution in [0.1, 0.15) is 32.1 Å². The summed E-state index contributed by atoms with van der Waals surface area (Å²) in [6.45, 7) is 0. The standard InChI is InChI=1S/C7H12S3/c1-2-4-6(5-3-1)7-8-10-9-7/h6-7H,1-5H2. The summed E-state index contributed by atoms with van der Waals surface area (Å²) in [6.07, 6.45) is 7.49. The lowest BCUT2D eigenvalue weighted by atomic mass is 9.91. The highest BCUT2D eigenvalue weighted by Gasteiger charge is 2.30. The Labute approximate surface area is 74.1 Å². The van der Waals surface area contributed by atoms with Crippen LogP contribution in [-0.4, -0.2) is 4.58 Å². The van der Waals surface area contributed by atoms with Crippen LogP contribution in [0, 0.1) is 5.92 Å². The molecule has 1 aliphatic carbocycles. The summed E-state index contributed by atoms with van der Waals surface area (Å²) < 4.78 is 0.963. The van der Waals surface area contributed by atoms with E-state index >= 15 is 0 Å². The Bertz CT molecular complexity index is 105. The van der Waals surface area contributed by atoms with E-state index < -0.39 is 0 Å². The van der Waals surface area contributed by atoms with Crippen molar-refractivity contribution in [3.8, 4) is 0 Å². The second-order valence-electron chi connectivity index (χ2n) is 3.03. The fourth-order valence-corrected chi connectivity index (χ4v) is 5.65. The van der Waals surface area contributed by atoms with E-state index in [9.17, 15) is 0 Å². The number of hydrogen-bond acceptors (Lipinski definition) is 3. The van der Waals surface area contributed by atoms with E-state index in [4.69, 9.17) is 0 Å². The van der Waals surface area contributed by atoms with Gasteiger partial charge in [-0.15, -0.1) is 0 Å². The maximum atomic E-state index is 2.09. The molecule has 1 saturated heterocycles. The van der Waals surface area contributed by atoms with E-state index in [0.717, 1.165) is 10.5 Å². The third-order valence-electron chi connectivity index (χ3n) is 2.30. The van der Waals surface area contributed by atoms with Gasteiger partial charge in [0.15, 0.2) is 0 Å². The van der Waals surface area contributed by atoms with E-state index in [1.54, 1.807) is 0 Å². The monoisotopic (exact) mass is 192 g/mol. The molecular weight excluding hydrogens is 180 g/mol. The Balaban J connectivity index is 1.78. The van der Waals surface area contributed by atoms with Crippen LogP contribution in [0.2, 0.25) is 0 Å². The topological polar surface area (TPSA) is 0 Å². The highest BCUT2D eigenvalue weighted by molar-refractivity contribution is 9.17. The van der Waals surface area contributed by atoms with Crippen LogP contribution in [0.25, 0.3) is 0 Å². The van der Waals surface area contributed by atoms with Gasteiger partial charge in [-0.2, -0.15) is 0 Å². The average molecular weight is 192 g/mol. The molecule has 1 aliphatic heterocycles. The first-order valence-electron chi connectivity index (χ1n) is 3.95. The SMILES string of the molecule is C1CCC(C2SSS2)CC1. The molecule has 0 atom stereocenters. The molecule has 2 fully saturated rings. The van der Waals surface area contributed by atoms with Crippen LogP contribution < -0.4 is 0 Å². The Hall–Kier alpha value is 1.05. The van der Waals surface area contributed by atoms with Gasteiger partial charge in [-0.1, -0.05) is 40.9 Å². The third-order valence-corrected chi connectivity index (χ3v) is 8.05. The highest BCUT2D eigenvalue weighted by atomic mass is 33.5. The van der Waals surface area contributed by atoms with Gasteiger partial charge in [-0.3, -0.25) is 0 Å². The molecule has 0 spiro atoms. The molecule has 10 heavy (non-hydrogen) atoms. The number of hydrogen-bond donors (Lipinski definition) is 0. The third kappa shape index (κ3) is 1.62. The number of rotatable bonds is 1. The first kappa shape index (κ1) is 7.69. The van der Waals surface area contributed by atoms with Crippen molar-refractivity contribution in [2.75, 3.05) is 0 Å². The van der Waals surface area contributed by atoms with Crippen molar-refractivity contribution in [2.45, 2.75) is 36.7 Å². The molecular formula is C7H12S3. The molecule has 0 nitrogen and oxygen atoms in total. The van der Waals surface area contributed by atoms with E-state index in [1.807, 2.05) is 9.83 Å². The maximum Gasteiger partial charge on any atom is 0.0754 e. The lowest BCUT2D eigenvalue weighted by Gasteiger charge is -2.33. The smallest absolute Gasteiger partial charge is 0.0669 e. The highest BCUT2D eigenvalue weighted by Crippen LogP contribution is 2.61. The Kier molecular flexibility index (Phi) is 2.79. The van der Waals surface area contributed by atoms with Gasteiger partial charge in [-0.05, 0) is 28.6 Å². The second kappa shape index (κ2) is 3.63. The molecule has 1 saturated carbocycles. The van der Waals surface area contributed by atoms with Crippen molar-refractivity contribution in [1.29, 1.82) is 0 Å². The van der Waals surface area contributed by atoms with Gasteiger partial charge in [0.05, 0.1) is 4.58 Å². The summed E-state index contributed by atoms with van der Waals surface area (Å²) in [7, 11) is 6.16.